The average molecular weight is 330 g/mol. The highest BCUT2D eigenvalue weighted by Gasteiger charge is 2.29. The zero-order valence-corrected chi connectivity index (χ0v) is 13.8. The highest BCUT2D eigenvalue weighted by atomic mass is 19.2. The van der Waals surface area contributed by atoms with Crippen LogP contribution in [0.1, 0.15) is 41.0 Å². The molecule has 2 amide bonds. The Morgan fingerprint density at radius 1 is 0.957 bits per heavy atom. The number of amides is 2. The Hall–Kier alpha value is -2.05. The zero-order valence-electron chi connectivity index (χ0n) is 13.8. The third-order valence-corrected chi connectivity index (χ3v) is 2.91. The van der Waals surface area contributed by atoms with Crippen LogP contribution in [-0.4, -0.2) is 17.4 Å². The van der Waals surface area contributed by atoms with Crippen molar-refractivity contribution >= 4 is 17.5 Å². The van der Waals surface area contributed by atoms with Crippen LogP contribution in [0.25, 0.3) is 0 Å². The fourth-order valence-corrected chi connectivity index (χ4v) is 2.54. The summed E-state index contributed by atoms with van der Waals surface area (Å²) in [5.74, 6) is -6.78. The minimum absolute atomic E-state index is 0.0839. The van der Waals surface area contributed by atoms with Crippen molar-refractivity contribution in [1.82, 2.24) is 5.32 Å². The van der Waals surface area contributed by atoms with Gasteiger partial charge in [-0.05, 0) is 37.8 Å². The Bertz CT molecular complexity index is 622. The van der Waals surface area contributed by atoms with Gasteiger partial charge < -0.3 is 10.6 Å². The first kappa shape index (κ1) is 19.0. The van der Waals surface area contributed by atoms with E-state index in [1.807, 2.05) is 26.1 Å². The normalized spacial score (nSPS) is 12.0. The predicted octanol–water partition coefficient (Wildman–Crippen LogP) is 3.37. The van der Waals surface area contributed by atoms with Crippen molar-refractivity contribution in [2.24, 2.45) is 5.41 Å². The SMILES string of the molecule is CC(C)(C)CC(C)(C)NC(=O)C(=O)Nc1ccc(F)c(F)c1F. The van der Waals surface area contributed by atoms with Gasteiger partial charge in [0.15, 0.2) is 17.5 Å². The van der Waals surface area contributed by atoms with Crippen LogP contribution in [0.3, 0.4) is 0 Å². The lowest BCUT2D eigenvalue weighted by atomic mass is 9.82. The molecule has 4 nitrogen and oxygen atoms in total. The summed E-state index contributed by atoms with van der Waals surface area (Å²) < 4.78 is 39.4. The summed E-state index contributed by atoms with van der Waals surface area (Å²) in [6, 6.07) is 1.51. The first-order valence-electron chi connectivity index (χ1n) is 7.09. The predicted molar refractivity (Wildman–Crippen MR) is 81.2 cm³/mol. The Morgan fingerprint density at radius 2 is 1.52 bits per heavy atom. The van der Waals surface area contributed by atoms with Gasteiger partial charge in [-0.3, -0.25) is 9.59 Å². The van der Waals surface area contributed by atoms with E-state index in [0.717, 1.165) is 6.07 Å². The first-order valence-corrected chi connectivity index (χ1v) is 7.09. The smallest absolute Gasteiger partial charge is 0.313 e. The molecule has 1 aromatic carbocycles. The molecule has 128 valence electrons. The van der Waals surface area contributed by atoms with E-state index in [9.17, 15) is 22.8 Å². The topological polar surface area (TPSA) is 58.2 Å². The molecule has 23 heavy (non-hydrogen) atoms. The van der Waals surface area contributed by atoms with Crippen LogP contribution in [0.5, 0.6) is 0 Å². The van der Waals surface area contributed by atoms with Gasteiger partial charge in [0.1, 0.15) is 0 Å². The molecule has 2 N–H and O–H groups in total. The summed E-state index contributed by atoms with van der Waals surface area (Å²) in [4.78, 5) is 23.7. The Labute approximate surface area is 133 Å². The highest BCUT2D eigenvalue weighted by molar-refractivity contribution is 6.39. The third-order valence-electron chi connectivity index (χ3n) is 2.91. The third kappa shape index (κ3) is 5.58. The maximum absolute atomic E-state index is 13.5. The van der Waals surface area contributed by atoms with E-state index >= 15 is 0 Å². The van der Waals surface area contributed by atoms with E-state index in [1.54, 1.807) is 13.8 Å². The molecule has 1 aromatic rings. The number of rotatable bonds is 3. The van der Waals surface area contributed by atoms with Gasteiger partial charge >= 0.3 is 11.8 Å². The van der Waals surface area contributed by atoms with Crippen LogP contribution in [-0.2, 0) is 9.59 Å². The lowest BCUT2D eigenvalue weighted by molar-refractivity contribution is -0.137. The van der Waals surface area contributed by atoms with Gasteiger partial charge in [-0.2, -0.15) is 0 Å². The number of hydrogen-bond acceptors (Lipinski definition) is 2. The van der Waals surface area contributed by atoms with Gasteiger partial charge in [-0.15, -0.1) is 0 Å². The van der Waals surface area contributed by atoms with Crippen molar-refractivity contribution < 1.29 is 22.8 Å². The van der Waals surface area contributed by atoms with Crippen LogP contribution < -0.4 is 10.6 Å². The summed E-state index contributed by atoms with van der Waals surface area (Å²) in [7, 11) is 0. The molecule has 0 unspecified atom stereocenters. The minimum Gasteiger partial charge on any atom is -0.343 e. The van der Waals surface area contributed by atoms with Gasteiger partial charge in [0.2, 0.25) is 0 Å². The molecular formula is C16H21F3N2O2. The summed E-state index contributed by atoms with van der Waals surface area (Å²) in [5, 5.41) is 4.47. The van der Waals surface area contributed by atoms with Crippen molar-refractivity contribution in [1.29, 1.82) is 0 Å². The first-order chi connectivity index (χ1) is 10.3. The fraction of sp³-hybridized carbons (Fsp3) is 0.500. The molecule has 0 aliphatic heterocycles. The highest BCUT2D eigenvalue weighted by Crippen LogP contribution is 2.26. The molecule has 0 aliphatic carbocycles. The van der Waals surface area contributed by atoms with Crippen molar-refractivity contribution in [3.05, 3.63) is 29.6 Å². The number of benzene rings is 1. The van der Waals surface area contributed by atoms with Gasteiger partial charge in [0, 0.05) is 5.54 Å². The maximum Gasteiger partial charge on any atom is 0.313 e. The lowest BCUT2D eigenvalue weighted by Gasteiger charge is -2.33. The van der Waals surface area contributed by atoms with Crippen molar-refractivity contribution in [3.63, 3.8) is 0 Å². The molecule has 7 heteroatoms. The van der Waals surface area contributed by atoms with Crippen molar-refractivity contribution in [2.75, 3.05) is 5.32 Å². The summed E-state index contributed by atoms with van der Waals surface area (Å²) in [5.41, 5.74) is -1.35. The second-order valence-electron chi connectivity index (χ2n) is 7.25. The molecule has 0 aromatic heterocycles. The molecule has 1 rings (SSSR count). The molecule has 0 saturated carbocycles. The maximum atomic E-state index is 13.5. The van der Waals surface area contributed by atoms with E-state index in [1.165, 1.54) is 0 Å². The number of carbonyl (C=O) groups is 2. The molecule has 0 atom stereocenters. The fourth-order valence-electron chi connectivity index (χ4n) is 2.54. The minimum atomic E-state index is -1.71. The molecule has 0 fully saturated rings. The van der Waals surface area contributed by atoms with E-state index in [-0.39, 0.29) is 5.41 Å². The molecule has 0 radical (unpaired) electrons. The van der Waals surface area contributed by atoms with Crippen LogP contribution >= 0.6 is 0 Å². The molecule has 0 aliphatic rings. The number of anilines is 1. The van der Waals surface area contributed by atoms with E-state index < -0.39 is 40.5 Å². The lowest BCUT2D eigenvalue weighted by Crippen LogP contribution is -2.49. The van der Waals surface area contributed by atoms with E-state index in [2.05, 4.69) is 5.32 Å². The Morgan fingerprint density at radius 3 is 2.04 bits per heavy atom. The second-order valence-corrected chi connectivity index (χ2v) is 7.25. The van der Waals surface area contributed by atoms with Gasteiger partial charge in [0.25, 0.3) is 0 Å². The standard InChI is InChI=1S/C16H21F3N2O2/c1-15(2,3)8-16(4,5)21-14(23)13(22)20-10-7-6-9(17)11(18)12(10)19/h6-7H,8H2,1-5H3,(H,20,22)(H,21,23). The van der Waals surface area contributed by atoms with Crippen LogP contribution in [0.4, 0.5) is 18.9 Å². The largest absolute Gasteiger partial charge is 0.343 e. The summed E-state index contributed by atoms with van der Waals surface area (Å²) >= 11 is 0. The van der Waals surface area contributed by atoms with Crippen molar-refractivity contribution in [3.8, 4) is 0 Å². The Balaban J connectivity index is 2.79. The Kier molecular flexibility index (Phi) is 5.45. The monoisotopic (exact) mass is 330 g/mol. The molecule has 0 spiro atoms. The number of halogens is 3. The van der Waals surface area contributed by atoms with E-state index in [0.29, 0.717) is 12.5 Å². The number of carbonyl (C=O) groups excluding carboxylic acids is 2. The van der Waals surface area contributed by atoms with Crippen LogP contribution in [0, 0.1) is 22.9 Å². The van der Waals surface area contributed by atoms with Crippen LogP contribution in [0.15, 0.2) is 12.1 Å². The number of nitrogens with one attached hydrogen (secondary N) is 2. The average Bonchev–Trinajstić information content (AvgIpc) is 2.35. The zero-order chi connectivity index (χ0) is 18.0. The van der Waals surface area contributed by atoms with Crippen LogP contribution in [0.2, 0.25) is 0 Å². The second kappa shape index (κ2) is 6.60. The quantitative estimate of drug-likeness (QED) is 0.659. The summed E-state index contributed by atoms with van der Waals surface area (Å²) in [6.45, 7) is 9.45. The van der Waals surface area contributed by atoms with E-state index in [4.69, 9.17) is 0 Å². The molecular weight excluding hydrogens is 309 g/mol. The van der Waals surface area contributed by atoms with Gasteiger partial charge in [-0.1, -0.05) is 20.8 Å². The molecule has 0 bridgehead atoms. The molecule has 0 saturated heterocycles. The van der Waals surface area contributed by atoms with Crippen molar-refractivity contribution in [2.45, 2.75) is 46.6 Å². The van der Waals surface area contributed by atoms with Gasteiger partial charge in [0.05, 0.1) is 5.69 Å². The summed E-state index contributed by atoms with van der Waals surface area (Å²) in [6.07, 6.45) is 0.596. The molecule has 0 heterocycles. The van der Waals surface area contributed by atoms with Gasteiger partial charge in [-0.25, -0.2) is 13.2 Å². The number of hydrogen-bond donors (Lipinski definition) is 2.